The highest BCUT2D eigenvalue weighted by Crippen LogP contribution is 2.36. The van der Waals surface area contributed by atoms with Crippen molar-refractivity contribution in [1.82, 2.24) is 16.2 Å². The van der Waals surface area contributed by atoms with Gasteiger partial charge in [-0.3, -0.25) is 10.9 Å². The van der Waals surface area contributed by atoms with E-state index in [2.05, 4.69) is 49.1 Å². The number of hydrazine groups is 1. The van der Waals surface area contributed by atoms with Crippen LogP contribution >= 0.6 is 0 Å². The smallest absolute Gasteiger partial charge is 0.118 e. The van der Waals surface area contributed by atoms with E-state index in [0.29, 0.717) is 17.4 Å². The van der Waals surface area contributed by atoms with Gasteiger partial charge in [-0.05, 0) is 61.6 Å². The number of nitrogens with one attached hydrogen (secondary N) is 3. The largest absolute Gasteiger partial charge is 0.497 e. The van der Waals surface area contributed by atoms with Gasteiger partial charge in [-0.15, -0.1) is 0 Å². The van der Waals surface area contributed by atoms with Gasteiger partial charge in [-0.25, -0.2) is 0 Å². The van der Waals surface area contributed by atoms with Crippen LogP contribution in [-0.4, -0.2) is 39.5 Å². The zero-order valence-electron chi connectivity index (χ0n) is 17.6. The van der Waals surface area contributed by atoms with E-state index in [9.17, 15) is 0 Å². The summed E-state index contributed by atoms with van der Waals surface area (Å²) >= 11 is 0. The van der Waals surface area contributed by atoms with Crippen molar-refractivity contribution in [3.63, 3.8) is 0 Å². The van der Waals surface area contributed by atoms with Crippen molar-refractivity contribution in [2.75, 3.05) is 33.4 Å². The molecule has 154 valence electrons. The van der Waals surface area contributed by atoms with Crippen molar-refractivity contribution in [1.29, 1.82) is 0 Å². The fourth-order valence-electron chi connectivity index (χ4n) is 3.72. The van der Waals surface area contributed by atoms with Crippen LogP contribution < -0.4 is 20.9 Å². The lowest BCUT2D eigenvalue weighted by molar-refractivity contribution is 0.00676. The Bertz CT molecular complexity index is 515. The molecular weight excluding hydrogens is 338 g/mol. The normalized spacial score (nSPS) is 18.8. The van der Waals surface area contributed by atoms with Crippen molar-refractivity contribution in [2.45, 2.75) is 59.0 Å². The van der Waals surface area contributed by atoms with E-state index < -0.39 is 0 Å². The maximum Gasteiger partial charge on any atom is 0.118 e. The lowest BCUT2D eigenvalue weighted by atomic mass is 9.74. The number of methoxy groups -OCH3 is 1. The molecular formula is C22H39N3O2. The zero-order chi connectivity index (χ0) is 19.5. The van der Waals surface area contributed by atoms with Crippen LogP contribution in [0.1, 0.15) is 52.0 Å². The van der Waals surface area contributed by atoms with Gasteiger partial charge in [0.15, 0.2) is 0 Å². The second-order valence-electron chi connectivity index (χ2n) is 8.04. The molecule has 0 aliphatic carbocycles. The number of hydrogen-bond acceptors (Lipinski definition) is 5. The summed E-state index contributed by atoms with van der Waals surface area (Å²) in [6.45, 7) is 11.4. The fourth-order valence-corrected chi connectivity index (χ4v) is 3.72. The van der Waals surface area contributed by atoms with Crippen LogP contribution in [0, 0.1) is 11.3 Å². The van der Waals surface area contributed by atoms with Gasteiger partial charge in [0.25, 0.3) is 0 Å². The van der Waals surface area contributed by atoms with E-state index in [1.807, 2.05) is 12.1 Å². The molecule has 2 rings (SSSR count). The summed E-state index contributed by atoms with van der Waals surface area (Å²) in [5.41, 5.74) is 8.31. The molecule has 27 heavy (non-hydrogen) atoms. The van der Waals surface area contributed by atoms with Crippen molar-refractivity contribution in [2.24, 2.45) is 11.3 Å². The Kier molecular flexibility index (Phi) is 9.56. The molecule has 3 N–H and O–H groups in total. The third-order valence-electron chi connectivity index (χ3n) is 6.03. The van der Waals surface area contributed by atoms with E-state index in [1.54, 1.807) is 7.11 Å². The highest BCUT2D eigenvalue weighted by molar-refractivity contribution is 5.27. The van der Waals surface area contributed by atoms with E-state index in [4.69, 9.17) is 9.47 Å². The van der Waals surface area contributed by atoms with Gasteiger partial charge in [0.1, 0.15) is 5.75 Å². The maximum absolute atomic E-state index is 5.66. The first-order valence-electron chi connectivity index (χ1n) is 10.5. The molecule has 1 aromatic carbocycles. The van der Waals surface area contributed by atoms with E-state index in [-0.39, 0.29) is 0 Å². The van der Waals surface area contributed by atoms with Gasteiger partial charge in [-0.2, -0.15) is 0 Å². The summed E-state index contributed by atoms with van der Waals surface area (Å²) < 4.78 is 10.9. The topological polar surface area (TPSA) is 54.5 Å². The fraction of sp³-hybridized carbons (Fsp3) is 0.727. The number of benzene rings is 1. The molecule has 0 amide bonds. The van der Waals surface area contributed by atoms with Gasteiger partial charge in [0.2, 0.25) is 0 Å². The van der Waals surface area contributed by atoms with Gasteiger partial charge >= 0.3 is 0 Å². The van der Waals surface area contributed by atoms with Crippen LogP contribution in [0.2, 0.25) is 0 Å². The Balaban J connectivity index is 1.83. The summed E-state index contributed by atoms with van der Waals surface area (Å²) in [7, 11) is 1.71. The molecule has 1 aliphatic rings. The molecule has 0 spiro atoms. The van der Waals surface area contributed by atoms with E-state index >= 15 is 0 Å². The summed E-state index contributed by atoms with van der Waals surface area (Å²) in [6, 6.07) is 8.81. The second kappa shape index (κ2) is 11.6. The van der Waals surface area contributed by atoms with Crippen LogP contribution in [0.15, 0.2) is 24.3 Å². The average molecular weight is 378 g/mol. The first-order valence-corrected chi connectivity index (χ1v) is 10.5. The Morgan fingerprint density at radius 3 is 2.48 bits per heavy atom. The minimum Gasteiger partial charge on any atom is -0.497 e. The van der Waals surface area contributed by atoms with Crippen molar-refractivity contribution in [3.8, 4) is 5.75 Å². The summed E-state index contributed by atoms with van der Waals surface area (Å²) in [5.74, 6) is 1.55. The molecule has 1 aliphatic heterocycles. The molecule has 2 atom stereocenters. The minimum atomic E-state index is 0.358. The molecule has 1 heterocycles. The quantitative estimate of drug-likeness (QED) is 0.487. The minimum absolute atomic E-state index is 0.358. The van der Waals surface area contributed by atoms with Crippen LogP contribution in [0.5, 0.6) is 5.75 Å². The Morgan fingerprint density at radius 2 is 1.85 bits per heavy atom. The Morgan fingerprint density at radius 1 is 1.15 bits per heavy atom. The van der Waals surface area contributed by atoms with Gasteiger partial charge in [0.05, 0.1) is 7.11 Å². The molecule has 1 aromatic rings. The monoisotopic (exact) mass is 377 g/mol. The first-order chi connectivity index (χ1) is 13.1. The average Bonchev–Trinajstić information content (AvgIpc) is 2.71. The molecule has 0 bridgehead atoms. The molecule has 1 saturated heterocycles. The highest BCUT2D eigenvalue weighted by atomic mass is 16.5. The van der Waals surface area contributed by atoms with Gasteiger partial charge in [0, 0.05) is 38.9 Å². The number of hydrogen-bond donors (Lipinski definition) is 3. The molecule has 5 nitrogen and oxygen atoms in total. The summed E-state index contributed by atoms with van der Waals surface area (Å²) in [5, 5.41) is 3.71. The highest BCUT2D eigenvalue weighted by Gasteiger charge is 2.32. The van der Waals surface area contributed by atoms with E-state index in [0.717, 1.165) is 51.4 Å². The first kappa shape index (κ1) is 22.2. The van der Waals surface area contributed by atoms with Crippen LogP contribution in [0.25, 0.3) is 0 Å². The lowest BCUT2D eigenvalue weighted by Gasteiger charge is -2.39. The molecule has 1 fully saturated rings. The van der Waals surface area contributed by atoms with Crippen molar-refractivity contribution >= 4 is 0 Å². The predicted molar refractivity (Wildman–Crippen MR) is 112 cm³/mol. The Labute approximate surface area is 165 Å². The predicted octanol–water partition coefficient (Wildman–Crippen LogP) is 3.50. The van der Waals surface area contributed by atoms with Crippen molar-refractivity contribution in [3.05, 3.63) is 29.8 Å². The lowest BCUT2D eigenvalue weighted by Crippen LogP contribution is -2.43. The zero-order valence-corrected chi connectivity index (χ0v) is 17.6. The molecule has 5 heteroatoms. The summed E-state index contributed by atoms with van der Waals surface area (Å²) in [4.78, 5) is 0. The van der Waals surface area contributed by atoms with Crippen LogP contribution in [0.3, 0.4) is 0 Å². The third kappa shape index (κ3) is 7.41. The van der Waals surface area contributed by atoms with Crippen LogP contribution in [0.4, 0.5) is 0 Å². The molecule has 0 radical (unpaired) electrons. The Hall–Kier alpha value is -1.14. The maximum atomic E-state index is 5.66. The van der Waals surface area contributed by atoms with Gasteiger partial charge < -0.3 is 14.8 Å². The standard InChI is InChI=1S/C22H39N3O2/c1-5-24-25-19(3)18(2)10-11-22(12-14-27-15-13-22)17-23-16-20-6-8-21(26-4)9-7-20/h6-9,18-19,23-25H,5,10-17H2,1-4H3/t18?,19-/m1/s1. The SMILES string of the molecule is CCNN[C@H](C)C(C)CCC1(CNCc2ccc(OC)cc2)CCOCC1. The molecule has 0 aromatic heterocycles. The van der Waals surface area contributed by atoms with Gasteiger partial charge in [-0.1, -0.05) is 26.0 Å². The third-order valence-corrected chi connectivity index (χ3v) is 6.03. The summed E-state index contributed by atoms with van der Waals surface area (Å²) in [6.07, 6.45) is 4.81. The molecule has 1 unspecified atom stereocenters. The second-order valence-corrected chi connectivity index (χ2v) is 8.04. The van der Waals surface area contributed by atoms with Crippen molar-refractivity contribution < 1.29 is 9.47 Å². The number of ether oxygens (including phenoxy) is 2. The van der Waals surface area contributed by atoms with Crippen LogP contribution in [-0.2, 0) is 11.3 Å². The number of rotatable bonds is 12. The van der Waals surface area contributed by atoms with E-state index in [1.165, 1.54) is 18.4 Å². The molecule has 0 saturated carbocycles.